The number of hydrogen-bond donors (Lipinski definition) is 0. The molecule has 0 aliphatic rings. The predicted molar refractivity (Wildman–Crippen MR) is 73.4 cm³/mol. The highest BCUT2D eigenvalue weighted by Gasteiger charge is 2.10. The monoisotopic (exact) mass is 294 g/mol. The zero-order chi connectivity index (χ0) is 11.5. The van der Waals surface area contributed by atoms with Crippen molar-refractivity contribution in [3.63, 3.8) is 0 Å². The largest absolute Gasteiger partial charge is 0.0843 e. The Morgan fingerprint density at radius 2 is 1.69 bits per heavy atom. The lowest BCUT2D eigenvalue weighted by molar-refractivity contribution is 1.17. The fourth-order valence-electron chi connectivity index (χ4n) is 1.73. The zero-order valence-corrected chi connectivity index (χ0v) is 11.3. The first kappa shape index (κ1) is 11.7. The lowest BCUT2D eigenvalue weighted by Gasteiger charge is -2.11. The molecular weight excluding hydrogens is 284 g/mol. The Morgan fingerprint density at radius 1 is 1.00 bits per heavy atom. The molecule has 0 saturated carbocycles. The summed E-state index contributed by atoms with van der Waals surface area (Å²) in [5.74, 6) is 0. The van der Waals surface area contributed by atoms with Crippen LogP contribution >= 0.6 is 27.5 Å². The molecule has 0 amide bonds. The van der Waals surface area contributed by atoms with Crippen molar-refractivity contribution in [2.45, 2.75) is 11.8 Å². The van der Waals surface area contributed by atoms with Crippen molar-refractivity contribution in [1.82, 2.24) is 0 Å². The van der Waals surface area contributed by atoms with E-state index in [0.717, 1.165) is 5.02 Å². The first-order valence-corrected chi connectivity index (χ1v) is 6.42. The summed E-state index contributed by atoms with van der Waals surface area (Å²) in [5, 5.41) is 0.787. The van der Waals surface area contributed by atoms with E-state index in [1.54, 1.807) is 0 Å². The highest BCUT2D eigenvalue weighted by atomic mass is 79.9. The maximum Gasteiger partial charge on any atom is 0.0645 e. The van der Waals surface area contributed by atoms with Crippen LogP contribution in [0.2, 0.25) is 5.02 Å². The van der Waals surface area contributed by atoms with Gasteiger partial charge in [-0.15, -0.1) is 0 Å². The Balaban J connectivity index is 2.37. The minimum Gasteiger partial charge on any atom is -0.0843 e. The average molecular weight is 296 g/mol. The van der Waals surface area contributed by atoms with E-state index in [1.165, 1.54) is 16.7 Å². The van der Waals surface area contributed by atoms with Crippen molar-refractivity contribution in [2.24, 2.45) is 0 Å². The maximum absolute atomic E-state index is 6.06. The first-order chi connectivity index (χ1) is 7.66. The summed E-state index contributed by atoms with van der Waals surface area (Å²) in [6.45, 7) is 2.06. The van der Waals surface area contributed by atoms with Gasteiger partial charge >= 0.3 is 0 Å². The van der Waals surface area contributed by atoms with E-state index in [0.29, 0.717) is 0 Å². The Hall–Kier alpha value is -0.790. The molecule has 16 heavy (non-hydrogen) atoms. The van der Waals surface area contributed by atoms with Gasteiger partial charge in [0.2, 0.25) is 0 Å². The molecule has 0 bridgehead atoms. The van der Waals surface area contributed by atoms with Crippen LogP contribution in [-0.4, -0.2) is 0 Å². The molecule has 0 aliphatic carbocycles. The molecule has 1 atom stereocenters. The average Bonchev–Trinajstić information content (AvgIpc) is 2.28. The minimum atomic E-state index is 0.200. The molecule has 0 heterocycles. The molecule has 2 aromatic rings. The van der Waals surface area contributed by atoms with Gasteiger partial charge in [0.25, 0.3) is 0 Å². The highest BCUT2D eigenvalue weighted by molar-refractivity contribution is 9.09. The SMILES string of the molecule is Cc1cc(Cl)cc(C(Br)c2ccccc2)c1. The summed E-state index contributed by atoms with van der Waals surface area (Å²) in [6, 6.07) is 16.4. The maximum atomic E-state index is 6.06. The molecule has 0 radical (unpaired) electrons. The third kappa shape index (κ3) is 2.66. The first-order valence-electron chi connectivity index (χ1n) is 5.13. The normalized spacial score (nSPS) is 12.4. The predicted octanol–water partition coefficient (Wildman–Crippen LogP) is 5.13. The molecule has 0 fully saturated rings. The molecule has 0 saturated heterocycles. The van der Waals surface area contributed by atoms with E-state index >= 15 is 0 Å². The third-order valence-corrected chi connectivity index (χ3v) is 3.72. The van der Waals surface area contributed by atoms with Crippen molar-refractivity contribution in [3.8, 4) is 0 Å². The van der Waals surface area contributed by atoms with Gasteiger partial charge in [0.1, 0.15) is 0 Å². The molecule has 0 aromatic heterocycles. The van der Waals surface area contributed by atoms with Gasteiger partial charge in [-0.1, -0.05) is 63.9 Å². The zero-order valence-electron chi connectivity index (χ0n) is 8.95. The van der Waals surface area contributed by atoms with Crippen LogP contribution in [0.1, 0.15) is 21.5 Å². The quantitative estimate of drug-likeness (QED) is 0.674. The Morgan fingerprint density at radius 3 is 2.31 bits per heavy atom. The van der Waals surface area contributed by atoms with Crippen LogP contribution in [0.5, 0.6) is 0 Å². The lowest BCUT2D eigenvalue weighted by Crippen LogP contribution is -1.93. The van der Waals surface area contributed by atoms with Crippen LogP contribution < -0.4 is 0 Å². The lowest BCUT2D eigenvalue weighted by atomic mass is 10.0. The summed E-state index contributed by atoms with van der Waals surface area (Å²) in [5.41, 5.74) is 3.61. The van der Waals surface area contributed by atoms with Crippen molar-refractivity contribution < 1.29 is 0 Å². The van der Waals surface area contributed by atoms with Crippen LogP contribution in [0.4, 0.5) is 0 Å². The molecule has 1 unspecified atom stereocenters. The van der Waals surface area contributed by atoms with Crippen LogP contribution in [-0.2, 0) is 0 Å². The summed E-state index contributed by atoms with van der Waals surface area (Å²) >= 11 is 9.76. The van der Waals surface area contributed by atoms with Gasteiger partial charge in [-0.2, -0.15) is 0 Å². The topological polar surface area (TPSA) is 0 Å². The van der Waals surface area contributed by atoms with Gasteiger partial charge in [0.05, 0.1) is 4.83 Å². The van der Waals surface area contributed by atoms with Crippen LogP contribution in [0.25, 0.3) is 0 Å². The minimum absolute atomic E-state index is 0.200. The molecule has 0 aliphatic heterocycles. The van der Waals surface area contributed by atoms with Gasteiger partial charge in [-0.05, 0) is 35.7 Å². The highest BCUT2D eigenvalue weighted by Crippen LogP contribution is 2.32. The second kappa shape index (κ2) is 5.03. The van der Waals surface area contributed by atoms with Gasteiger partial charge in [-0.3, -0.25) is 0 Å². The second-order valence-electron chi connectivity index (χ2n) is 3.84. The van der Waals surface area contributed by atoms with Crippen molar-refractivity contribution >= 4 is 27.5 Å². The van der Waals surface area contributed by atoms with Crippen LogP contribution in [0, 0.1) is 6.92 Å². The van der Waals surface area contributed by atoms with Gasteiger partial charge in [-0.25, -0.2) is 0 Å². The van der Waals surface area contributed by atoms with Crippen molar-refractivity contribution in [2.75, 3.05) is 0 Å². The Labute approximate surface area is 109 Å². The standard InChI is InChI=1S/C14H12BrCl/c1-10-7-12(9-13(16)8-10)14(15)11-5-3-2-4-6-11/h2-9,14H,1H3. The molecule has 2 rings (SSSR count). The van der Waals surface area contributed by atoms with Crippen molar-refractivity contribution in [1.29, 1.82) is 0 Å². The molecule has 2 heteroatoms. The number of benzene rings is 2. The molecule has 0 N–H and O–H groups in total. The third-order valence-electron chi connectivity index (χ3n) is 2.45. The Kier molecular flexibility index (Phi) is 3.67. The molecule has 0 nitrogen and oxygen atoms in total. The van der Waals surface area contributed by atoms with E-state index in [-0.39, 0.29) is 4.83 Å². The summed E-state index contributed by atoms with van der Waals surface area (Å²) < 4.78 is 0. The summed E-state index contributed by atoms with van der Waals surface area (Å²) in [7, 11) is 0. The number of aryl methyl sites for hydroxylation is 1. The Bertz CT molecular complexity index is 459. The van der Waals surface area contributed by atoms with E-state index in [2.05, 4.69) is 41.1 Å². The number of alkyl halides is 1. The van der Waals surface area contributed by atoms with E-state index in [9.17, 15) is 0 Å². The molecule has 82 valence electrons. The molecule has 0 spiro atoms. The smallest absolute Gasteiger partial charge is 0.0645 e. The fourth-order valence-corrected chi connectivity index (χ4v) is 2.59. The molecule has 2 aromatic carbocycles. The van der Waals surface area contributed by atoms with Crippen LogP contribution in [0.3, 0.4) is 0 Å². The van der Waals surface area contributed by atoms with Crippen LogP contribution in [0.15, 0.2) is 48.5 Å². The summed E-state index contributed by atoms with van der Waals surface area (Å²) in [4.78, 5) is 0.200. The summed E-state index contributed by atoms with van der Waals surface area (Å²) in [6.07, 6.45) is 0. The van der Waals surface area contributed by atoms with Gasteiger partial charge in [0.15, 0.2) is 0 Å². The number of halogens is 2. The van der Waals surface area contributed by atoms with Crippen molar-refractivity contribution in [3.05, 3.63) is 70.2 Å². The van der Waals surface area contributed by atoms with Gasteiger partial charge < -0.3 is 0 Å². The molecular formula is C14H12BrCl. The van der Waals surface area contributed by atoms with E-state index in [4.69, 9.17) is 11.6 Å². The fraction of sp³-hybridized carbons (Fsp3) is 0.143. The number of hydrogen-bond acceptors (Lipinski definition) is 0. The van der Waals surface area contributed by atoms with E-state index in [1.807, 2.05) is 30.3 Å². The van der Waals surface area contributed by atoms with E-state index < -0.39 is 0 Å². The number of rotatable bonds is 2. The second-order valence-corrected chi connectivity index (χ2v) is 5.19. The van der Waals surface area contributed by atoms with Gasteiger partial charge in [0, 0.05) is 5.02 Å².